The van der Waals surface area contributed by atoms with Gasteiger partial charge in [-0.1, -0.05) is 0 Å². The first-order valence-corrected chi connectivity index (χ1v) is 6.81. The molecule has 0 fully saturated rings. The average molecular weight is 309 g/mol. The van der Waals surface area contributed by atoms with Crippen LogP contribution >= 0.6 is 0 Å². The van der Waals surface area contributed by atoms with Gasteiger partial charge in [-0.3, -0.25) is 9.78 Å². The van der Waals surface area contributed by atoms with Crippen molar-refractivity contribution < 1.29 is 13.6 Å². The second kappa shape index (κ2) is 6.65. The molecule has 3 aromatic rings. The Bertz CT molecular complexity index is 827. The molecule has 5 nitrogen and oxygen atoms in total. The average Bonchev–Trinajstić information content (AvgIpc) is 3.05. The second-order valence-corrected chi connectivity index (χ2v) is 4.65. The molecule has 1 amide bonds. The van der Waals surface area contributed by atoms with Gasteiger partial charge in [0, 0.05) is 18.0 Å². The van der Waals surface area contributed by atoms with Crippen LogP contribution < -0.4 is 5.43 Å². The van der Waals surface area contributed by atoms with Gasteiger partial charge in [0.25, 0.3) is 5.91 Å². The van der Waals surface area contributed by atoms with Gasteiger partial charge in [0.15, 0.2) is 0 Å². The molecule has 0 spiro atoms. The summed E-state index contributed by atoms with van der Waals surface area (Å²) in [6.07, 6.45) is 4.42. The van der Waals surface area contributed by atoms with Gasteiger partial charge in [-0.15, -0.1) is 0 Å². The molecule has 2 heterocycles. The van der Waals surface area contributed by atoms with E-state index in [0.717, 1.165) is 5.56 Å². The Kier molecular flexibility index (Phi) is 4.24. The number of hydrazone groups is 1. The molecule has 0 radical (unpaired) electrons. The lowest BCUT2D eigenvalue weighted by atomic mass is 10.2. The summed E-state index contributed by atoms with van der Waals surface area (Å²) in [6.45, 7) is 0. The summed E-state index contributed by atoms with van der Waals surface area (Å²) in [5.41, 5.74) is 3.55. The van der Waals surface area contributed by atoms with E-state index in [-0.39, 0.29) is 11.7 Å². The molecule has 0 aliphatic carbocycles. The molecule has 0 aliphatic rings. The highest BCUT2D eigenvalue weighted by molar-refractivity contribution is 5.94. The predicted octanol–water partition coefficient (Wildman–Crippen LogP) is 3.24. The molecule has 0 atom stereocenters. The number of hydrogen-bond donors (Lipinski definition) is 1. The number of furan rings is 1. The summed E-state index contributed by atoms with van der Waals surface area (Å²) in [5, 5.41) is 3.83. The number of nitrogens with zero attached hydrogens (tertiary/aromatic N) is 2. The Hall–Kier alpha value is -3.28. The molecule has 0 saturated carbocycles. The zero-order valence-corrected chi connectivity index (χ0v) is 11.9. The molecule has 0 saturated heterocycles. The molecule has 114 valence electrons. The Morgan fingerprint density at radius 3 is 2.74 bits per heavy atom. The highest BCUT2D eigenvalue weighted by atomic mass is 19.1. The monoisotopic (exact) mass is 309 g/mol. The first kappa shape index (κ1) is 14.6. The molecular weight excluding hydrogens is 297 g/mol. The smallest absolute Gasteiger partial charge is 0.272 e. The lowest BCUT2D eigenvalue weighted by molar-refractivity contribution is 0.0954. The van der Waals surface area contributed by atoms with Gasteiger partial charge in [0.1, 0.15) is 17.3 Å². The summed E-state index contributed by atoms with van der Waals surface area (Å²) >= 11 is 0. The Balaban J connectivity index is 1.65. The molecule has 23 heavy (non-hydrogen) atoms. The first-order chi connectivity index (χ1) is 11.2. The van der Waals surface area contributed by atoms with Crippen LogP contribution in [0.1, 0.15) is 16.1 Å². The lowest BCUT2D eigenvalue weighted by Gasteiger charge is -1.97. The number of hydrogen-bond acceptors (Lipinski definition) is 4. The molecular formula is C17H12FN3O2. The molecule has 3 rings (SSSR count). The van der Waals surface area contributed by atoms with Crippen LogP contribution in [-0.2, 0) is 0 Å². The maximum Gasteiger partial charge on any atom is 0.272 e. The maximum atomic E-state index is 12.9. The van der Waals surface area contributed by atoms with Crippen molar-refractivity contribution in [3.63, 3.8) is 0 Å². The molecule has 2 aromatic heterocycles. The van der Waals surface area contributed by atoms with Crippen LogP contribution in [0.15, 0.2) is 70.4 Å². The van der Waals surface area contributed by atoms with Gasteiger partial charge >= 0.3 is 0 Å². The standard InChI is InChI=1S/C17H12FN3O2/c18-14-5-3-12(4-6-14)16-8-7-15(23-16)11-20-21-17(22)13-2-1-9-19-10-13/h1-11H,(H,21,22)/b20-11+. The number of halogens is 1. The number of pyridine rings is 1. The number of carbonyl (C=O) groups is 1. The SMILES string of the molecule is O=C(N/N=C/c1ccc(-c2ccc(F)cc2)o1)c1cccnc1. The zero-order chi connectivity index (χ0) is 16.1. The fraction of sp³-hybridized carbons (Fsp3) is 0. The topological polar surface area (TPSA) is 67.5 Å². The zero-order valence-electron chi connectivity index (χ0n) is 11.9. The summed E-state index contributed by atoms with van der Waals surface area (Å²) < 4.78 is 18.5. The Morgan fingerprint density at radius 2 is 2.00 bits per heavy atom. The summed E-state index contributed by atoms with van der Waals surface area (Å²) in [4.78, 5) is 15.6. The van der Waals surface area contributed by atoms with E-state index in [1.807, 2.05) is 0 Å². The third-order valence-corrected chi connectivity index (χ3v) is 3.04. The number of nitrogens with one attached hydrogen (secondary N) is 1. The largest absolute Gasteiger partial charge is 0.455 e. The Labute approximate surface area is 131 Å². The lowest BCUT2D eigenvalue weighted by Crippen LogP contribution is -2.17. The molecule has 0 bridgehead atoms. The van der Waals surface area contributed by atoms with Crippen LogP contribution in [0.25, 0.3) is 11.3 Å². The van der Waals surface area contributed by atoms with Gasteiger partial charge < -0.3 is 4.42 Å². The van der Waals surface area contributed by atoms with E-state index in [1.165, 1.54) is 24.5 Å². The van der Waals surface area contributed by atoms with Crippen LogP contribution in [0, 0.1) is 5.82 Å². The highest BCUT2D eigenvalue weighted by Gasteiger charge is 2.05. The number of amides is 1. The van der Waals surface area contributed by atoms with Crippen LogP contribution in [0.4, 0.5) is 4.39 Å². The van der Waals surface area contributed by atoms with Crippen molar-refractivity contribution in [2.24, 2.45) is 5.10 Å². The summed E-state index contributed by atoms with van der Waals surface area (Å²) in [5.74, 6) is 0.390. The normalized spacial score (nSPS) is 10.8. The van der Waals surface area contributed by atoms with Crippen molar-refractivity contribution in [1.29, 1.82) is 0 Å². The number of rotatable bonds is 4. The van der Waals surface area contributed by atoms with Crippen molar-refractivity contribution in [3.8, 4) is 11.3 Å². The number of aromatic nitrogens is 1. The summed E-state index contributed by atoms with van der Waals surface area (Å²) in [6, 6.07) is 12.7. The van der Waals surface area contributed by atoms with Gasteiger partial charge in [0.05, 0.1) is 11.8 Å². The molecule has 0 unspecified atom stereocenters. The van der Waals surface area contributed by atoms with Gasteiger partial charge in [-0.05, 0) is 48.5 Å². The van der Waals surface area contributed by atoms with E-state index in [9.17, 15) is 9.18 Å². The van der Waals surface area contributed by atoms with Crippen molar-refractivity contribution in [2.75, 3.05) is 0 Å². The fourth-order valence-electron chi connectivity index (χ4n) is 1.91. The predicted molar refractivity (Wildman–Crippen MR) is 83.4 cm³/mol. The van der Waals surface area contributed by atoms with E-state index in [0.29, 0.717) is 17.1 Å². The van der Waals surface area contributed by atoms with Crippen LogP contribution in [0.2, 0.25) is 0 Å². The van der Waals surface area contributed by atoms with Crippen molar-refractivity contribution in [3.05, 3.63) is 78.1 Å². The van der Waals surface area contributed by atoms with Gasteiger partial charge in [-0.25, -0.2) is 9.82 Å². The fourth-order valence-corrected chi connectivity index (χ4v) is 1.91. The third kappa shape index (κ3) is 3.68. The molecule has 1 aromatic carbocycles. The van der Waals surface area contributed by atoms with E-state index in [1.54, 1.807) is 42.6 Å². The Morgan fingerprint density at radius 1 is 1.17 bits per heavy atom. The third-order valence-electron chi connectivity index (χ3n) is 3.04. The van der Waals surface area contributed by atoms with E-state index in [2.05, 4.69) is 15.5 Å². The van der Waals surface area contributed by atoms with E-state index in [4.69, 9.17) is 4.42 Å². The van der Waals surface area contributed by atoms with Crippen molar-refractivity contribution >= 4 is 12.1 Å². The van der Waals surface area contributed by atoms with Gasteiger partial charge in [-0.2, -0.15) is 5.10 Å². The molecule has 0 aliphatic heterocycles. The first-order valence-electron chi connectivity index (χ1n) is 6.81. The molecule has 1 N–H and O–H groups in total. The van der Waals surface area contributed by atoms with Crippen LogP contribution in [-0.4, -0.2) is 17.1 Å². The quantitative estimate of drug-likeness (QED) is 0.594. The number of carbonyl (C=O) groups excluding carboxylic acids is 1. The highest BCUT2D eigenvalue weighted by Crippen LogP contribution is 2.21. The maximum absolute atomic E-state index is 12.9. The minimum atomic E-state index is -0.361. The summed E-state index contributed by atoms with van der Waals surface area (Å²) in [7, 11) is 0. The minimum absolute atomic E-state index is 0.305. The van der Waals surface area contributed by atoms with Crippen molar-refractivity contribution in [1.82, 2.24) is 10.4 Å². The van der Waals surface area contributed by atoms with Crippen molar-refractivity contribution in [2.45, 2.75) is 0 Å². The minimum Gasteiger partial charge on any atom is -0.455 e. The van der Waals surface area contributed by atoms with E-state index >= 15 is 0 Å². The second-order valence-electron chi connectivity index (χ2n) is 4.65. The van der Waals surface area contributed by atoms with Crippen LogP contribution in [0.3, 0.4) is 0 Å². The van der Waals surface area contributed by atoms with E-state index < -0.39 is 0 Å². The number of benzene rings is 1. The van der Waals surface area contributed by atoms with Crippen LogP contribution in [0.5, 0.6) is 0 Å². The van der Waals surface area contributed by atoms with Gasteiger partial charge in [0.2, 0.25) is 0 Å². The molecule has 6 heteroatoms.